The van der Waals surface area contributed by atoms with Crippen LogP contribution < -0.4 is 10.5 Å². The molecule has 0 aromatic heterocycles. The number of unbranched alkanes of at least 4 members (excludes halogenated alkanes) is 1. The number of ether oxygens (including phenoxy) is 2. The number of benzene rings is 1. The summed E-state index contributed by atoms with van der Waals surface area (Å²) in [5.74, 6) is 0.173. The molecule has 1 rings (SSSR count). The van der Waals surface area contributed by atoms with Crippen molar-refractivity contribution in [1.29, 1.82) is 5.41 Å². The van der Waals surface area contributed by atoms with Crippen LogP contribution in [-0.4, -0.2) is 25.0 Å². The lowest BCUT2D eigenvalue weighted by Gasteiger charge is -2.07. The smallest absolute Gasteiger partial charge is 0.344 e. The summed E-state index contributed by atoms with van der Waals surface area (Å²) >= 11 is 0. The zero-order chi connectivity index (χ0) is 13.4. The van der Waals surface area contributed by atoms with Gasteiger partial charge in [-0.15, -0.1) is 0 Å². The fourth-order valence-electron chi connectivity index (χ4n) is 1.24. The predicted molar refractivity (Wildman–Crippen MR) is 68.8 cm³/mol. The Labute approximate surface area is 106 Å². The molecule has 0 spiro atoms. The average Bonchev–Trinajstić information content (AvgIpc) is 2.37. The van der Waals surface area contributed by atoms with Gasteiger partial charge in [0.15, 0.2) is 6.61 Å². The number of hydrogen-bond donors (Lipinski definition) is 2. The van der Waals surface area contributed by atoms with Crippen molar-refractivity contribution in [3.8, 4) is 5.75 Å². The predicted octanol–water partition coefficient (Wildman–Crippen LogP) is 1.69. The summed E-state index contributed by atoms with van der Waals surface area (Å²) in [5, 5.41) is 7.23. The molecule has 18 heavy (non-hydrogen) atoms. The van der Waals surface area contributed by atoms with E-state index in [1.165, 1.54) is 0 Å². The van der Waals surface area contributed by atoms with E-state index >= 15 is 0 Å². The third-order valence-electron chi connectivity index (χ3n) is 2.28. The van der Waals surface area contributed by atoms with Crippen LogP contribution in [0.1, 0.15) is 25.3 Å². The number of amidine groups is 1. The standard InChI is InChI=1S/C13H18N2O3/c1-2-3-8-17-12(16)9-18-11-6-4-10(5-7-11)13(14)15/h4-7H,2-3,8-9H2,1H3,(H3,14,15). The molecule has 0 aliphatic carbocycles. The molecule has 0 unspecified atom stereocenters. The van der Waals surface area contributed by atoms with Gasteiger partial charge in [-0.1, -0.05) is 13.3 Å². The molecule has 0 atom stereocenters. The molecule has 5 heteroatoms. The maximum atomic E-state index is 11.3. The average molecular weight is 250 g/mol. The highest BCUT2D eigenvalue weighted by Crippen LogP contribution is 2.11. The molecule has 0 bridgehead atoms. The van der Waals surface area contributed by atoms with E-state index in [0.29, 0.717) is 17.9 Å². The SMILES string of the molecule is CCCCOC(=O)COc1ccc(C(=N)N)cc1. The molecule has 0 amide bonds. The zero-order valence-corrected chi connectivity index (χ0v) is 10.4. The fraction of sp³-hybridized carbons (Fsp3) is 0.385. The Bertz CT molecular complexity index is 401. The van der Waals surface area contributed by atoms with Crippen molar-refractivity contribution in [2.45, 2.75) is 19.8 Å². The number of esters is 1. The van der Waals surface area contributed by atoms with Gasteiger partial charge in [0.05, 0.1) is 6.61 Å². The molecule has 1 aromatic carbocycles. The molecule has 0 fully saturated rings. The molecular weight excluding hydrogens is 232 g/mol. The molecule has 5 nitrogen and oxygen atoms in total. The van der Waals surface area contributed by atoms with Crippen LogP contribution in [0.5, 0.6) is 5.75 Å². The Balaban J connectivity index is 2.34. The Morgan fingerprint density at radius 3 is 2.56 bits per heavy atom. The Morgan fingerprint density at radius 2 is 2.00 bits per heavy atom. The van der Waals surface area contributed by atoms with Crippen molar-refractivity contribution in [2.24, 2.45) is 5.73 Å². The lowest BCUT2D eigenvalue weighted by Crippen LogP contribution is -2.15. The number of nitrogen functional groups attached to an aromatic ring is 1. The quantitative estimate of drug-likeness (QED) is 0.334. The molecule has 0 aliphatic rings. The van der Waals surface area contributed by atoms with Crippen molar-refractivity contribution >= 4 is 11.8 Å². The topological polar surface area (TPSA) is 85.4 Å². The first-order valence-electron chi connectivity index (χ1n) is 5.86. The monoisotopic (exact) mass is 250 g/mol. The second kappa shape index (κ2) is 7.32. The molecule has 1 aromatic rings. The maximum Gasteiger partial charge on any atom is 0.344 e. The molecule has 0 radical (unpaired) electrons. The normalized spacial score (nSPS) is 9.83. The van der Waals surface area contributed by atoms with E-state index in [9.17, 15) is 4.79 Å². The number of carbonyl (C=O) groups excluding carboxylic acids is 1. The van der Waals surface area contributed by atoms with Crippen LogP contribution in [0.25, 0.3) is 0 Å². The van der Waals surface area contributed by atoms with E-state index in [2.05, 4.69) is 0 Å². The van der Waals surface area contributed by atoms with Crippen LogP contribution in [0.4, 0.5) is 0 Å². The highest BCUT2D eigenvalue weighted by molar-refractivity contribution is 5.94. The van der Waals surface area contributed by atoms with E-state index in [-0.39, 0.29) is 18.4 Å². The van der Waals surface area contributed by atoms with Crippen LogP contribution >= 0.6 is 0 Å². The van der Waals surface area contributed by atoms with Gasteiger partial charge in [-0.05, 0) is 30.7 Å². The maximum absolute atomic E-state index is 11.3. The molecule has 0 aliphatic heterocycles. The van der Waals surface area contributed by atoms with Crippen molar-refractivity contribution in [3.63, 3.8) is 0 Å². The third kappa shape index (κ3) is 4.86. The first kappa shape index (κ1) is 14.0. The van der Waals surface area contributed by atoms with Crippen molar-refractivity contribution < 1.29 is 14.3 Å². The lowest BCUT2D eigenvalue weighted by atomic mass is 10.2. The Hall–Kier alpha value is -2.04. The number of nitrogens with one attached hydrogen (secondary N) is 1. The van der Waals surface area contributed by atoms with Crippen LogP contribution in [0.2, 0.25) is 0 Å². The van der Waals surface area contributed by atoms with Crippen molar-refractivity contribution in [1.82, 2.24) is 0 Å². The molecule has 98 valence electrons. The second-order valence-corrected chi connectivity index (χ2v) is 3.80. The summed E-state index contributed by atoms with van der Waals surface area (Å²) in [6.45, 7) is 2.35. The van der Waals surface area contributed by atoms with Gasteiger partial charge < -0.3 is 15.2 Å². The summed E-state index contributed by atoms with van der Waals surface area (Å²) in [6.07, 6.45) is 1.85. The van der Waals surface area contributed by atoms with Gasteiger partial charge in [-0.2, -0.15) is 0 Å². The van der Waals surface area contributed by atoms with Gasteiger partial charge in [0.2, 0.25) is 0 Å². The van der Waals surface area contributed by atoms with E-state index in [0.717, 1.165) is 12.8 Å². The zero-order valence-electron chi connectivity index (χ0n) is 10.4. The number of rotatable bonds is 7. The van der Waals surface area contributed by atoms with E-state index < -0.39 is 0 Å². The van der Waals surface area contributed by atoms with Gasteiger partial charge in [0, 0.05) is 5.56 Å². The molecule has 0 heterocycles. The van der Waals surface area contributed by atoms with Crippen molar-refractivity contribution in [2.75, 3.05) is 13.2 Å². The number of hydrogen-bond acceptors (Lipinski definition) is 4. The minimum Gasteiger partial charge on any atom is -0.482 e. The van der Waals surface area contributed by atoms with E-state index in [1.54, 1.807) is 24.3 Å². The Morgan fingerprint density at radius 1 is 1.33 bits per heavy atom. The van der Waals surface area contributed by atoms with Crippen LogP contribution in [-0.2, 0) is 9.53 Å². The summed E-state index contributed by atoms with van der Waals surface area (Å²) in [7, 11) is 0. The number of nitrogens with two attached hydrogens (primary N) is 1. The highest BCUT2D eigenvalue weighted by atomic mass is 16.6. The minimum absolute atomic E-state index is 0.000486. The van der Waals surface area contributed by atoms with Crippen molar-refractivity contribution in [3.05, 3.63) is 29.8 Å². The highest BCUT2D eigenvalue weighted by Gasteiger charge is 2.04. The minimum atomic E-state index is -0.376. The van der Waals surface area contributed by atoms with Gasteiger partial charge in [0.25, 0.3) is 0 Å². The third-order valence-corrected chi connectivity index (χ3v) is 2.28. The summed E-state index contributed by atoms with van der Waals surface area (Å²) < 4.78 is 10.2. The second-order valence-electron chi connectivity index (χ2n) is 3.80. The molecule has 3 N–H and O–H groups in total. The summed E-state index contributed by atoms with van der Waals surface area (Å²) in [6, 6.07) is 6.66. The van der Waals surface area contributed by atoms with Crippen LogP contribution in [0.15, 0.2) is 24.3 Å². The largest absolute Gasteiger partial charge is 0.482 e. The molecular formula is C13H18N2O3. The van der Waals surface area contributed by atoms with Gasteiger partial charge in [0.1, 0.15) is 11.6 Å². The molecule has 0 saturated heterocycles. The molecule has 0 saturated carbocycles. The number of carbonyl (C=O) groups is 1. The first-order valence-corrected chi connectivity index (χ1v) is 5.86. The summed E-state index contributed by atoms with van der Waals surface area (Å²) in [5.41, 5.74) is 5.94. The summed E-state index contributed by atoms with van der Waals surface area (Å²) in [4.78, 5) is 11.3. The lowest BCUT2D eigenvalue weighted by molar-refractivity contribution is -0.146. The first-order chi connectivity index (χ1) is 8.63. The van der Waals surface area contributed by atoms with E-state index in [4.69, 9.17) is 20.6 Å². The fourth-order valence-corrected chi connectivity index (χ4v) is 1.24. The van der Waals surface area contributed by atoms with E-state index in [1.807, 2.05) is 6.92 Å². The van der Waals surface area contributed by atoms with Crippen LogP contribution in [0, 0.1) is 5.41 Å². The van der Waals surface area contributed by atoms with Gasteiger partial charge in [-0.25, -0.2) is 4.79 Å². The Kier molecular flexibility index (Phi) is 5.70. The van der Waals surface area contributed by atoms with Gasteiger partial charge in [-0.3, -0.25) is 5.41 Å². The van der Waals surface area contributed by atoms with Crippen LogP contribution in [0.3, 0.4) is 0 Å². The van der Waals surface area contributed by atoms with Gasteiger partial charge >= 0.3 is 5.97 Å².